The largest absolute Gasteiger partial charge is 0.476 e. The van der Waals surface area contributed by atoms with E-state index in [2.05, 4.69) is 10.1 Å². The van der Waals surface area contributed by atoms with Gasteiger partial charge in [0.05, 0.1) is 5.69 Å². The van der Waals surface area contributed by atoms with E-state index in [0.717, 1.165) is 16.0 Å². The summed E-state index contributed by atoms with van der Waals surface area (Å²) >= 11 is 1.04. The molecule has 0 spiro atoms. The molecule has 0 radical (unpaired) electrons. The maximum atomic E-state index is 12.9. The highest BCUT2D eigenvalue weighted by Gasteiger charge is 2.13. The van der Waals surface area contributed by atoms with Gasteiger partial charge in [-0.2, -0.15) is 4.68 Å². The molecule has 2 heterocycles. The van der Waals surface area contributed by atoms with Crippen LogP contribution in [0.3, 0.4) is 0 Å². The SMILES string of the molecule is O=C(O)c1csc(-n2[nH]c(-c3ccc(F)cc3)cc2=O)n1. The molecule has 21 heavy (non-hydrogen) atoms. The third kappa shape index (κ3) is 2.48. The average molecular weight is 305 g/mol. The van der Waals surface area contributed by atoms with Crippen LogP contribution in [-0.2, 0) is 0 Å². The molecule has 0 unspecified atom stereocenters. The molecule has 0 aliphatic heterocycles. The summed E-state index contributed by atoms with van der Waals surface area (Å²) in [4.78, 5) is 26.6. The molecule has 0 aliphatic carbocycles. The zero-order valence-electron chi connectivity index (χ0n) is 10.4. The maximum Gasteiger partial charge on any atom is 0.355 e. The molecule has 0 amide bonds. The number of carboxylic acid groups (broad SMARTS) is 1. The molecule has 0 aliphatic rings. The van der Waals surface area contributed by atoms with Gasteiger partial charge in [-0.15, -0.1) is 11.3 Å². The van der Waals surface area contributed by atoms with Crippen LogP contribution < -0.4 is 5.56 Å². The highest BCUT2D eigenvalue weighted by Crippen LogP contribution is 2.18. The van der Waals surface area contributed by atoms with Gasteiger partial charge in [-0.05, 0) is 29.8 Å². The molecule has 0 atom stereocenters. The third-order valence-electron chi connectivity index (χ3n) is 2.78. The number of carbonyl (C=O) groups is 1. The number of hydrogen-bond donors (Lipinski definition) is 2. The summed E-state index contributed by atoms with van der Waals surface area (Å²) in [5.74, 6) is -1.53. The molecule has 8 heteroatoms. The topological polar surface area (TPSA) is 88.0 Å². The van der Waals surface area contributed by atoms with Gasteiger partial charge in [0.25, 0.3) is 5.56 Å². The molecule has 0 saturated heterocycles. The van der Waals surface area contributed by atoms with Gasteiger partial charge in [0.15, 0.2) is 5.69 Å². The number of aromatic carboxylic acids is 1. The molecule has 1 aromatic carbocycles. The van der Waals surface area contributed by atoms with Gasteiger partial charge in [0.1, 0.15) is 5.82 Å². The number of aromatic nitrogens is 3. The Hall–Kier alpha value is -2.74. The van der Waals surface area contributed by atoms with Gasteiger partial charge < -0.3 is 5.11 Å². The average Bonchev–Trinajstić information content (AvgIpc) is 3.06. The van der Waals surface area contributed by atoms with E-state index < -0.39 is 5.97 Å². The second-order valence-electron chi connectivity index (χ2n) is 4.17. The summed E-state index contributed by atoms with van der Waals surface area (Å²) in [5, 5.41) is 13.2. The summed E-state index contributed by atoms with van der Waals surface area (Å²) < 4.78 is 14.0. The van der Waals surface area contributed by atoms with Gasteiger partial charge in [0, 0.05) is 11.4 Å². The monoisotopic (exact) mass is 305 g/mol. The van der Waals surface area contributed by atoms with Crippen LogP contribution >= 0.6 is 11.3 Å². The number of aromatic amines is 1. The number of benzene rings is 1. The Labute approximate surface area is 121 Å². The van der Waals surface area contributed by atoms with Gasteiger partial charge in [0.2, 0.25) is 5.13 Å². The summed E-state index contributed by atoms with van der Waals surface area (Å²) in [6.07, 6.45) is 0. The van der Waals surface area contributed by atoms with Crippen molar-refractivity contribution in [2.24, 2.45) is 0 Å². The highest BCUT2D eigenvalue weighted by atomic mass is 32.1. The van der Waals surface area contributed by atoms with Crippen LogP contribution in [0, 0.1) is 5.82 Å². The van der Waals surface area contributed by atoms with E-state index >= 15 is 0 Å². The molecule has 0 fully saturated rings. The van der Waals surface area contributed by atoms with Crippen LogP contribution in [0.15, 0.2) is 40.5 Å². The summed E-state index contributed by atoms with van der Waals surface area (Å²) in [6.45, 7) is 0. The molecule has 106 valence electrons. The number of carboxylic acids is 1. The van der Waals surface area contributed by atoms with Crippen LogP contribution in [-0.4, -0.2) is 25.8 Å². The molecule has 3 aromatic rings. The summed E-state index contributed by atoms with van der Waals surface area (Å²) in [7, 11) is 0. The maximum absolute atomic E-state index is 12.9. The minimum Gasteiger partial charge on any atom is -0.476 e. The first-order valence-corrected chi connectivity index (χ1v) is 6.70. The Kier molecular flexibility index (Phi) is 3.15. The quantitative estimate of drug-likeness (QED) is 0.776. The Balaban J connectivity index is 2.03. The second-order valence-corrected chi connectivity index (χ2v) is 5.01. The fraction of sp³-hybridized carbons (Fsp3) is 0. The zero-order chi connectivity index (χ0) is 15.0. The summed E-state index contributed by atoms with van der Waals surface area (Å²) in [6, 6.07) is 6.99. The molecule has 6 nitrogen and oxygen atoms in total. The van der Waals surface area contributed by atoms with E-state index in [4.69, 9.17) is 5.11 Å². The van der Waals surface area contributed by atoms with Gasteiger partial charge >= 0.3 is 5.97 Å². The van der Waals surface area contributed by atoms with Crippen LogP contribution in [0.2, 0.25) is 0 Å². The number of nitrogens with one attached hydrogen (secondary N) is 1. The fourth-order valence-electron chi connectivity index (χ4n) is 1.78. The molecule has 2 aromatic heterocycles. The van der Waals surface area contributed by atoms with Crippen molar-refractivity contribution < 1.29 is 14.3 Å². The molecule has 3 rings (SSSR count). The van der Waals surface area contributed by atoms with Crippen LogP contribution in [0.5, 0.6) is 0 Å². The van der Waals surface area contributed by atoms with Crippen molar-refractivity contribution in [3.8, 4) is 16.4 Å². The van der Waals surface area contributed by atoms with Crippen LogP contribution in [0.4, 0.5) is 4.39 Å². The number of hydrogen-bond acceptors (Lipinski definition) is 4. The van der Waals surface area contributed by atoms with Crippen molar-refractivity contribution in [1.82, 2.24) is 14.8 Å². The number of H-pyrrole nitrogens is 1. The Morgan fingerprint density at radius 3 is 2.67 bits per heavy atom. The van der Waals surface area contributed by atoms with Crippen molar-refractivity contribution in [1.29, 1.82) is 0 Å². The molecular formula is C13H8FN3O3S. The first kappa shape index (κ1) is 13.3. The summed E-state index contributed by atoms with van der Waals surface area (Å²) in [5.41, 5.74) is 0.634. The third-order valence-corrected chi connectivity index (χ3v) is 3.60. The smallest absolute Gasteiger partial charge is 0.355 e. The second kappa shape index (κ2) is 4.98. The van der Waals surface area contributed by atoms with E-state index in [1.165, 1.54) is 35.7 Å². The number of rotatable bonds is 3. The zero-order valence-corrected chi connectivity index (χ0v) is 11.2. The molecule has 0 bridgehead atoms. The molecular weight excluding hydrogens is 297 g/mol. The van der Waals surface area contributed by atoms with Crippen LogP contribution in [0.1, 0.15) is 10.5 Å². The van der Waals surface area contributed by atoms with Gasteiger partial charge in [-0.1, -0.05) is 0 Å². The van der Waals surface area contributed by atoms with Crippen molar-refractivity contribution in [3.05, 3.63) is 57.6 Å². The number of thiazole rings is 1. The fourth-order valence-corrected chi connectivity index (χ4v) is 2.54. The Morgan fingerprint density at radius 2 is 2.05 bits per heavy atom. The predicted molar refractivity (Wildman–Crippen MR) is 74.4 cm³/mol. The number of halogens is 1. The van der Waals surface area contributed by atoms with Crippen molar-refractivity contribution >= 4 is 17.3 Å². The molecule has 2 N–H and O–H groups in total. The minimum absolute atomic E-state index is 0.125. The van der Waals surface area contributed by atoms with E-state index in [9.17, 15) is 14.0 Å². The Morgan fingerprint density at radius 1 is 1.33 bits per heavy atom. The number of nitrogens with zero attached hydrogens (tertiary/aromatic N) is 2. The normalized spacial score (nSPS) is 10.7. The van der Waals surface area contributed by atoms with Crippen molar-refractivity contribution in [2.75, 3.05) is 0 Å². The first-order valence-electron chi connectivity index (χ1n) is 5.82. The lowest BCUT2D eigenvalue weighted by Crippen LogP contribution is -2.13. The predicted octanol–water partition coefficient (Wildman–Crippen LogP) is 2.13. The lowest BCUT2D eigenvalue weighted by atomic mass is 10.1. The van der Waals surface area contributed by atoms with E-state index in [1.54, 1.807) is 0 Å². The van der Waals surface area contributed by atoms with Crippen molar-refractivity contribution in [2.45, 2.75) is 0 Å². The van der Waals surface area contributed by atoms with Gasteiger partial charge in [-0.25, -0.2) is 14.2 Å². The van der Waals surface area contributed by atoms with Crippen molar-refractivity contribution in [3.63, 3.8) is 0 Å². The Bertz CT molecular complexity index is 863. The van der Waals surface area contributed by atoms with E-state index in [1.807, 2.05) is 0 Å². The lowest BCUT2D eigenvalue weighted by molar-refractivity contribution is 0.0691. The minimum atomic E-state index is -1.16. The van der Waals surface area contributed by atoms with E-state index in [0.29, 0.717) is 11.3 Å². The van der Waals surface area contributed by atoms with Crippen LogP contribution in [0.25, 0.3) is 16.4 Å². The first-order chi connectivity index (χ1) is 10.0. The van der Waals surface area contributed by atoms with E-state index in [-0.39, 0.29) is 22.2 Å². The lowest BCUT2D eigenvalue weighted by Gasteiger charge is -1.98. The molecule has 0 saturated carbocycles. The van der Waals surface area contributed by atoms with Gasteiger partial charge in [-0.3, -0.25) is 9.89 Å². The standard InChI is InChI=1S/C13H8FN3O3S/c14-8-3-1-7(2-4-8)9-5-11(18)17(16-9)13-15-10(6-21-13)12(19)20/h1-6,16H,(H,19,20). The highest BCUT2D eigenvalue weighted by molar-refractivity contribution is 7.12.